The molecule has 0 aliphatic carbocycles. The van der Waals surface area contributed by atoms with Crippen molar-refractivity contribution in [3.8, 4) is 0 Å². The van der Waals surface area contributed by atoms with Crippen molar-refractivity contribution in [1.29, 1.82) is 0 Å². The molecule has 1 unspecified atom stereocenters. The molecule has 118 valence electrons. The summed E-state index contributed by atoms with van der Waals surface area (Å²) in [5.74, 6) is -1.20. The summed E-state index contributed by atoms with van der Waals surface area (Å²) >= 11 is 0. The Labute approximate surface area is 131 Å². The van der Waals surface area contributed by atoms with E-state index >= 15 is 0 Å². The summed E-state index contributed by atoms with van der Waals surface area (Å²) in [4.78, 5) is 30.7. The van der Waals surface area contributed by atoms with Crippen LogP contribution in [0.3, 0.4) is 0 Å². The molecule has 2 aromatic rings. The largest absolute Gasteiger partial charge is 0.380 e. The van der Waals surface area contributed by atoms with Gasteiger partial charge < -0.3 is 10.6 Å². The number of carbonyl (C=O) groups is 1. The molecule has 1 aromatic carbocycles. The summed E-state index contributed by atoms with van der Waals surface area (Å²) < 4.78 is 0. The number of amidine groups is 1. The molecule has 2 rings (SSSR count). The maximum atomic E-state index is 12.0. The van der Waals surface area contributed by atoms with Crippen molar-refractivity contribution < 1.29 is 14.6 Å². The zero-order valence-corrected chi connectivity index (χ0v) is 12.2. The number of benzene rings is 1. The molecule has 8 heteroatoms. The minimum atomic E-state index is -0.634. The second-order valence-corrected chi connectivity index (χ2v) is 4.69. The van der Waals surface area contributed by atoms with Gasteiger partial charge in [0.15, 0.2) is 5.84 Å². The molecule has 1 heterocycles. The molecule has 0 saturated heterocycles. The standard InChI is InChI=1S/C15H14N4O4/c1-10(11-2-4-13(5-3-11)19(21)22)15(20)23-18-14(16)12-6-8-17-9-7-12/h2-10H,1H3,(H2,16,18). The monoisotopic (exact) mass is 314 g/mol. The van der Waals surface area contributed by atoms with Crippen molar-refractivity contribution in [3.63, 3.8) is 0 Å². The molecule has 0 fully saturated rings. The summed E-state index contributed by atoms with van der Waals surface area (Å²) in [5.41, 5.74) is 6.82. The number of carbonyl (C=O) groups excluding carboxylic acids is 1. The summed E-state index contributed by atoms with van der Waals surface area (Å²) in [6.45, 7) is 1.61. The zero-order chi connectivity index (χ0) is 16.8. The van der Waals surface area contributed by atoms with Crippen LogP contribution in [0.1, 0.15) is 24.0 Å². The molecule has 0 radical (unpaired) electrons. The number of aromatic nitrogens is 1. The van der Waals surface area contributed by atoms with Gasteiger partial charge in [-0.1, -0.05) is 17.3 Å². The van der Waals surface area contributed by atoms with Gasteiger partial charge in [0.2, 0.25) is 0 Å². The Kier molecular flexibility index (Phi) is 4.98. The molecule has 0 aliphatic heterocycles. The lowest BCUT2D eigenvalue weighted by molar-refractivity contribution is -0.384. The molecule has 0 saturated carbocycles. The predicted molar refractivity (Wildman–Crippen MR) is 82.6 cm³/mol. The van der Waals surface area contributed by atoms with E-state index in [4.69, 9.17) is 10.6 Å². The second kappa shape index (κ2) is 7.12. The summed E-state index contributed by atoms with van der Waals surface area (Å²) in [6.07, 6.45) is 3.08. The van der Waals surface area contributed by atoms with Gasteiger partial charge in [0, 0.05) is 30.1 Å². The summed E-state index contributed by atoms with van der Waals surface area (Å²) in [5, 5.41) is 14.2. The van der Waals surface area contributed by atoms with Crippen molar-refractivity contribution in [1.82, 2.24) is 4.98 Å². The van der Waals surface area contributed by atoms with Crippen LogP contribution in [0.5, 0.6) is 0 Å². The Morgan fingerprint density at radius 2 is 1.87 bits per heavy atom. The lowest BCUT2D eigenvalue weighted by atomic mass is 10.0. The van der Waals surface area contributed by atoms with E-state index < -0.39 is 16.8 Å². The molecule has 0 spiro atoms. The van der Waals surface area contributed by atoms with Crippen LogP contribution in [0.25, 0.3) is 0 Å². The van der Waals surface area contributed by atoms with E-state index in [-0.39, 0.29) is 11.5 Å². The molecule has 1 aromatic heterocycles. The van der Waals surface area contributed by atoms with Crippen LogP contribution >= 0.6 is 0 Å². The van der Waals surface area contributed by atoms with E-state index in [9.17, 15) is 14.9 Å². The molecular weight excluding hydrogens is 300 g/mol. The van der Waals surface area contributed by atoms with E-state index in [0.29, 0.717) is 11.1 Å². The van der Waals surface area contributed by atoms with Crippen molar-refractivity contribution in [3.05, 3.63) is 70.0 Å². The van der Waals surface area contributed by atoms with E-state index in [0.717, 1.165) is 0 Å². The van der Waals surface area contributed by atoms with Crippen molar-refractivity contribution in [2.45, 2.75) is 12.8 Å². The van der Waals surface area contributed by atoms with Crippen LogP contribution in [0.4, 0.5) is 5.69 Å². The fourth-order valence-electron chi connectivity index (χ4n) is 1.77. The van der Waals surface area contributed by atoms with Gasteiger partial charge >= 0.3 is 5.97 Å². The number of nitro groups is 1. The van der Waals surface area contributed by atoms with Gasteiger partial charge in [-0.25, -0.2) is 4.79 Å². The highest BCUT2D eigenvalue weighted by Crippen LogP contribution is 2.20. The van der Waals surface area contributed by atoms with Crippen molar-refractivity contribution in [2.75, 3.05) is 0 Å². The molecule has 1 atom stereocenters. The first kappa shape index (κ1) is 16.1. The molecule has 0 amide bonds. The fraction of sp³-hybridized carbons (Fsp3) is 0.133. The maximum Gasteiger partial charge on any atom is 0.342 e. The second-order valence-electron chi connectivity index (χ2n) is 4.69. The Bertz CT molecular complexity index is 729. The van der Waals surface area contributed by atoms with Crippen LogP contribution in [-0.4, -0.2) is 21.7 Å². The third kappa shape index (κ3) is 4.10. The average molecular weight is 314 g/mol. The molecule has 8 nitrogen and oxygen atoms in total. The Hall–Kier alpha value is -3.29. The Morgan fingerprint density at radius 1 is 1.26 bits per heavy atom. The molecule has 0 bridgehead atoms. The van der Waals surface area contributed by atoms with Crippen LogP contribution in [0.15, 0.2) is 53.9 Å². The average Bonchev–Trinajstić information content (AvgIpc) is 2.59. The van der Waals surface area contributed by atoms with Gasteiger partial charge in [-0.3, -0.25) is 15.1 Å². The smallest absolute Gasteiger partial charge is 0.342 e. The number of hydrogen-bond acceptors (Lipinski definition) is 6. The van der Waals surface area contributed by atoms with Gasteiger partial charge in [-0.15, -0.1) is 0 Å². The Balaban J connectivity index is 2.04. The quantitative estimate of drug-likeness (QED) is 0.296. The van der Waals surface area contributed by atoms with E-state index in [2.05, 4.69) is 10.1 Å². The number of nitrogens with two attached hydrogens (primary N) is 1. The number of non-ortho nitro benzene ring substituents is 1. The first-order chi connectivity index (χ1) is 11.0. The predicted octanol–water partition coefficient (Wildman–Crippen LogP) is 1.96. The van der Waals surface area contributed by atoms with Gasteiger partial charge in [-0.05, 0) is 24.6 Å². The van der Waals surface area contributed by atoms with Crippen LogP contribution in [0, 0.1) is 10.1 Å². The van der Waals surface area contributed by atoms with Crippen LogP contribution in [-0.2, 0) is 9.63 Å². The van der Waals surface area contributed by atoms with E-state index in [1.165, 1.54) is 24.3 Å². The third-order valence-corrected chi connectivity index (χ3v) is 3.17. The third-order valence-electron chi connectivity index (χ3n) is 3.17. The van der Waals surface area contributed by atoms with Gasteiger partial charge in [0.05, 0.1) is 10.8 Å². The first-order valence-corrected chi connectivity index (χ1v) is 6.68. The minimum absolute atomic E-state index is 0.0470. The van der Waals surface area contributed by atoms with Gasteiger partial charge in [0.1, 0.15) is 0 Å². The van der Waals surface area contributed by atoms with E-state index in [1.54, 1.807) is 31.5 Å². The number of oxime groups is 1. The van der Waals surface area contributed by atoms with Crippen molar-refractivity contribution in [2.24, 2.45) is 10.9 Å². The highest BCUT2D eigenvalue weighted by atomic mass is 16.7. The SMILES string of the molecule is CC(C(=O)O/N=C(\N)c1ccncc1)c1ccc([N+](=O)[O-])cc1. The summed E-state index contributed by atoms with van der Waals surface area (Å²) in [7, 11) is 0. The van der Waals surface area contributed by atoms with Crippen molar-refractivity contribution >= 4 is 17.5 Å². The van der Waals surface area contributed by atoms with Crippen LogP contribution in [0.2, 0.25) is 0 Å². The maximum absolute atomic E-state index is 12.0. The topological polar surface area (TPSA) is 121 Å². The molecule has 0 aliphatic rings. The Morgan fingerprint density at radius 3 is 2.43 bits per heavy atom. The zero-order valence-electron chi connectivity index (χ0n) is 12.2. The molecule has 2 N–H and O–H groups in total. The lowest BCUT2D eigenvalue weighted by Crippen LogP contribution is -2.17. The molecule has 23 heavy (non-hydrogen) atoms. The number of pyridine rings is 1. The number of rotatable bonds is 5. The number of nitro benzene ring substituents is 1. The molecular formula is C15H14N4O4. The number of hydrogen-bond donors (Lipinski definition) is 1. The summed E-state index contributed by atoms with van der Waals surface area (Å²) in [6, 6.07) is 8.92. The number of nitrogens with zero attached hydrogens (tertiary/aromatic N) is 3. The minimum Gasteiger partial charge on any atom is -0.380 e. The highest BCUT2D eigenvalue weighted by molar-refractivity contribution is 5.97. The first-order valence-electron chi connectivity index (χ1n) is 6.68. The van der Waals surface area contributed by atoms with Gasteiger partial charge in [0.25, 0.3) is 5.69 Å². The van der Waals surface area contributed by atoms with E-state index in [1.807, 2.05) is 0 Å². The van der Waals surface area contributed by atoms with Crippen LogP contribution < -0.4 is 5.73 Å². The van der Waals surface area contributed by atoms with Gasteiger partial charge in [-0.2, -0.15) is 0 Å². The fourth-order valence-corrected chi connectivity index (χ4v) is 1.77. The highest BCUT2D eigenvalue weighted by Gasteiger charge is 2.18. The lowest BCUT2D eigenvalue weighted by Gasteiger charge is -2.08. The normalized spacial score (nSPS) is 12.5.